The van der Waals surface area contributed by atoms with Gasteiger partial charge in [-0.2, -0.15) is 0 Å². The molecule has 0 saturated carbocycles. The maximum absolute atomic E-state index is 13.3. The fraction of sp³-hybridized carbons (Fsp3) is 0.267. The minimum Gasteiger partial charge on any atom is -0.329 e. The van der Waals surface area contributed by atoms with Crippen LogP contribution in [0.3, 0.4) is 0 Å². The summed E-state index contributed by atoms with van der Waals surface area (Å²) in [5.41, 5.74) is 2.77. The second kappa shape index (κ2) is 6.02. The number of hydrogen-bond donors (Lipinski definition) is 0. The first-order chi connectivity index (χ1) is 9.13. The lowest BCUT2D eigenvalue weighted by Gasteiger charge is -2.20. The normalized spacial score (nSPS) is 10.5. The van der Waals surface area contributed by atoms with Crippen LogP contribution in [-0.2, 0) is 12.3 Å². The smallest absolute Gasteiger partial charge is 0.133 e. The summed E-state index contributed by atoms with van der Waals surface area (Å²) in [6.45, 7) is 2.05. The predicted molar refractivity (Wildman–Crippen MR) is 77.6 cm³/mol. The fourth-order valence-electron chi connectivity index (χ4n) is 1.88. The maximum atomic E-state index is 13.3. The Morgan fingerprint density at radius 2 is 2.05 bits per heavy atom. The first-order valence-corrected chi connectivity index (χ1v) is 6.72. The van der Waals surface area contributed by atoms with Gasteiger partial charge in [-0.05, 0) is 42.3 Å². The summed E-state index contributed by atoms with van der Waals surface area (Å²) in [7, 11) is 1.87. The fourth-order valence-corrected chi connectivity index (χ4v) is 2.03. The molecule has 0 amide bonds. The molecule has 2 rings (SSSR count). The molecule has 0 bridgehead atoms. The van der Waals surface area contributed by atoms with Crippen LogP contribution in [0.1, 0.15) is 18.2 Å². The molecule has 1 heterocycles. The molecule has 0 fully saturated rings. The topological polar surface area (TPSA) is 16.1 Å². The molecule has 0 aliphatic carbocycles. The van der Waals surface area contributed by atoms with Crippen LogP contribution in [0.25, 0.3) is 0 Å². The van der Waals surface area contributed by atoms with Crippen molar-refractivity contribution in [2.75, 3.05) is 11.9 Å². The molecule has 4 heteroatoms. The second-order valence-corrected chi connectivity index (χ2v) is 4.62. The first-order valence-electron chi connectivity index (χ1n) is 6.19. The number of aromatic nitrogens is 1. The molecule has 1 aromatic carbocycles. The van der Waals surface area contributed by atoms with E-state index in [9.17, 15) is 4.39 Å². The number of anilines is 2. The second-order valence-electron chi connectivity index (χ2n) is 4.35. The van der Waals surface area contributed by atoms with Gasteiger partial charge in [-0.25, -0.2) is 9.37 Å². The number of alkyl halides is 1. The maximum Gasteiger partial charge on any atom is 0.133 e. The molecule has 0 saturated heterocycles. The third-order valence-corrected chi connectivity index (χ3v) is 3.29. The quantitative estimate of drug-likeness (QED) is 0.776. The van der Waals surface area contributed by atoms with Gasteiger partial charge in [0.25, 0.3) is 0 Å². The Bertz CT molecular complexity index is 550. The van der Waals surface area contributed by atoms with Crippen LogP contribution in [0.15, 0.2) is 36.4 Å². The van der Waals surface area contributed by atoms with E-state index in [1.165, 1.54) is 12.1 Å². The van der Waals surface area contributed by atoms with Gasteiger partial charge < -0.3 is 4.90 Å². The largest absolute Gasteiger partial charge is 0.329 e. The molecule has 0 N–H and O–H groups in total. The van der Waals surface area contributed by atoms with Crippen molar-refractivity contribution in [2.24, 2.45) is 0 Å². The van der Waals surface area contributed by atoms with Gasteiger partial charge >= 0.3 is 0 Å². The van der Waals surface area contributed by atoms with Gasteiger partial charge in [0, 0.05) is 24.3 Å². The van der Waals surface area contributed by atoms with E-state index in [4.69, 9.17) is 11.6 Å². The van der Waals surface area contributed by atoms with Gasteiger partial charge in [0.1, 0.15) is 11.6 Å². The highest BCUT2D eigenvalue weighted by Gasteiger charge is 2.09. The van der Waals surface area contributed by atoms with E-state index in [0.29, 0.717) is 5.88 Å². The molecule has 100 valence electrons. The van der Waals surface area contributed by atoms with Crippen LogP contribution >= 0.6 is 11.6 Å². The van der Waals surface area contributed by atoms with Crippen molar-refractivity contribution in [3.63, 3.8) is 0 Å². The van der Waals surface area contributed by atoms with Crippen molar-refractivity contribution >= 4 is 23.1 Å². The van der Waals surface area contributed by atoms with Gasteiger partial charge in [0.05, 0.1) is 0 Å². The van der Waals surface area contributed by atoms with E-state index < -0.39 is 0 Å². The highest BCUT2D eigenvalue weighted by atomic mass is 35.5. The van der Waals surface area contributed by atoms with Crippen LogP contribution in [0.4, 0.5) is 15.9 Å². The lowest BCUT2D eigenvalue weighted by atomic mass is 10.2. The summed E-state index contributed by atoms with van der Waals surface area (Å²) in [6, 6.07) is 10.4. The SMILES string of the molecule is CCc1cc(CCl)cc(N(C)c2cccc(F)c2)n1. The van der Waals surface area contributed by atoms with Gasteiger partial charge in [0.2, 0.25) is 0 Å². The van der Waals surface area contributed by atoms with Crippen molar-refractivity contribution in [3.8, 4) is 0 Å². The summed E-state index contributed by atoms with van der Waals surface area (Å²) >= 11 is 5.90. The van der Waals surface area contributed by atoms with Crippen molar-refractivity contribution in [1.82, 2.24) is 4.98 Å². The number of aryl methyl sites for hydroxylation is 1. The molecule has 0 aliphatic heterocycles. The molecule has 0 spiro atoms. The molecule has 0 aliphatic rings. The van der Waals surface area contributed by atoms with E-state index in [-0.39, 0.29) is 5.82 Å². The zero-order valence-electron chi connectivity index (χ0n) is 11.0. The van der Waals surface area contributed by atoms with Crippen molar-refractivity contribution in [1.29, 1.82) is 0 Å². The number of rotatable bonds is 4. The molecule has 0 unspecified atom stereocenters. The molecule has 19 heavy (non-hydrogen) atoms. The third kappa shape index (κ3) is 3.24. The third-order valence-electron chi connectivity index (χ3n) is 2.98. The molecule has 0 atom stereocenters. The first kappa shape index (κ1) is 13.8. The summed E-state index contributed by atoms with van der Waals surface area (Å²) in [5.74, 6) is 0.966. The summed E-state index contributed by atoms with van der Waals surface area (Å²) in [4.78, 5) is 6.41. The zero-order chi connectivity index (χ0) is 13.8. The standard InChI is InChI=1S/C15H16ClFN2/c1-3-13-7-11(10-16)8-15(18-13)19(2)14-6-4-5-12(17)9-14/h4-9H,3,10H2,1-2H3. The molecular weight excluding hydrogens is 263 g/mol. The minimum atomic E-state index is -0.256. The van der Waals surface area contributed by atoms with Gasteiger partial charge in [-0.3, -0.25) is 0 Å². The van der Waals surface area contributed by atoms with E-state index in [2.05, 4.69) is 4.98 Å². The lowest BCUT2D eigenvalue weighted by Crippen LogP contribution is -2.12. The van der Waals surface area contributed by atoms with Crippen molar-refractivity contribution in [3.05, 3.63) is 53.5 Å². The monoisotopic (exact) mass is 278 g/mol. The van der Waals surface area contributed by atoms with E-state index in [1.54, 1.807) is 6.07 Å². The van der Waals surface area contributed by atoms with Gasteiger partial charge in [-0.15, -0.1) is 11.6 Å². The lowest BCUT2D eigenvalue weighted by molar-refractivity contribution is 0.628. The molecule has 2 nitrogen and oxygen atoms in total. The van der Waals surface area contributed by atoms with Crippen molar-refractivity contribution in [2.45, 2.75) is 19.2 Å². The number of hydrogen-bond acceptors (Lipinski definition) is 2. The number of benzene rings is 1. The zero-order valence-corrected chi connectivity index (χ0v) is 11.8. The molecule has 0 radical (unpaired) electrons. The van der Waals surface area contributed by atoms with Gasteiger partial charge in [-0.1, -0.05) is 13.0 Å². The van der Waals surface area contributed by atoms with E-state index in [1.807, 2.05) is 37.1 Å². The van der Waals surface area contributed by atoms with E-state index in [0.717, 1.165) is 29.2 Å². The van der Waals surface area contributed by atoms with Crippen molar-refractivity contribution < 1.29 is 4.39 Å². The average Bonchev–Trinajstić information content (AvgIpc) is 2.45. The van der Waals surface area contributed by atoms with Crippen LogP contribution in [-0.4, -0.2) is 12.0 Å². The van der Waals surface area contributed by atoms with E-state index >= 15 is 0 Å². The molecule has 2 aromatic rings. The van der Waals surface area contributed by atoms with Gasteiger partial charge in [0.15, 0.2) is 0 Å². The Kier molecular flexibility index (Phi) is 4.38. The predicted octanol–water partition coefficient (Wildman–Crippen LogP) is 4.29. The summed E-state index contributed by atoms with van der Waals surface area (Å²) in [5, 5.41) is 0. The van der Waals surface area contributed by atoms with Crippen LogP contribution in [0.2, 0.25) is 0 Å². The summed E-state index contributed by atoms with van der Waals surface area (Å²) in [6.07, 6.45) is 0.842. The number of pyridine rings is 1. The van der Waals surface area contributed by atoms with Crippen LogP contribution in [0, 0.1) is 5.82 Å². The number of nitrogens with zero attached hydrogens (tertiary/aromatic N) is 2. The Hall–Kier alpha value is -1.61. The minimum absolute atomic E-state index is 0.256. The Balaban J connectivity index is 2.40. The molecular formula is C15H16ClFN2. The van der Waals surface area contributed by atoms with Crippen LogP contribution < -0.4 is 4.90 Å². The Morgan fingerprint density at radius 1 is 1.26 bits per heavy atom. The average molecular weight is 279 g/mol. The Labute approximate surface area is 117 Å². The highest BCUT2D eigenvalue weighted by Crippen LogP contribution is 2.24. The summed E-state index contributed by atoms with van der Waals surface area (Å²) < 4.78 is 13.3. The highest BCUT2D eigenvalue weighted by molar-refractivity contribution is 6.17. The molecule has 1 aromatic heterocycles. The van der Waals surface area contributed by atoms with Crippen LogP contribution in [0.5, 0.6) is 0 Å². The Morgan fingerprint density at radius 3 is 2.68 bits per heavy atom. The number of halogens is 2.